The number of carbonyl (C=O) groups excluding carboxylic acids is 1. The Morgan fingerprint density at radius 1 is 1.39 bits per heavy atom. The molecule has 1 aliphatic heterocycles. The molecule has 1 amide bonds. The van der Waals surface area contributed by atoms with Gasteiger partial charge in [-0.25, -0.2) is 9.97 Å². The number of piperidine rings is 1. The lowest BCUT2D eigenvalue weighted by Crippen LogP contribution is -2.43. The van der Waals surface area contributed by atoms with E-state index in [1.54, 1.807) is 12.1 Å². The number of imidazole rings is 1. The molecule has 3 aromatic rings. The second-order valence-electron chi connectivity index (χ2n) is 7.32. The van der Waals surface area contributed by atoms with Crippen molar-refractivity contribution >= 4 is 45.0 Å². The fourth-order valence-corrected chi connectivity index (χ4v) is 4.42. The number of halogens is 3. The molecular weight excluding hydrogens is 429 g/mol. The van der Waals surface area contributed by atoms with E-state index in [1.807, 2.05) is 17.7 Å². The first-order chi connectivity index (χ1) is 14.7. The SMILES string of the molecule is C=CC(=O)Nc1ccc2c(c1)nc(N1CCCC(Nc3ncc(C(F)(F)F)s3)C1)n2C. The molecule has 11 heteroatoms. The lowest BCUT2D eigenvalue weighted by Gasteiger charge is -2.33. The molecule has 0 bridgehead atoms. The van der Waals surface area contributed by atoms with Crippen LogP contribution in [-0.2, 0) is 18.0 Å². The number of amides is 1. The minimum Gasteiger partial charge on any atom is -0.357 e. The van der Waals surface area contributed by atoms with Crippen molar-refractivity contribution in [3.8, 4) is 0 Å². The Kier molecular flexibility index (Phi) is 5.61. The summed E-state index contributed by atoms with van der Waals surface area (Å²) in [4.78, 5) is 21.5. The molecule has 1 fully saturated rings. The van der Waals surface area contributed by atoms with Crippen molar-refractivity contribution in [2.75, 3.05) is 28.6 Å². The fraction of sp³-hybridized carbons (Fsp3) is 0.350. The van der Waals surface area contributed by atoms with Gasteiger partial charge in [-0.2, -0.15) is 13.2 Å². The Morgan fingerprint density at radius 2 is 2.19 bits per heavy atom. The van der Waals surface area contributed by atoms with Crippen LogP contribution < -0.4 is 15.5 Å². The number of aromatic nitrogens is 3. The van der Waals surface area contributed by atoms with E-state index < -0.39 is 11.1 Å². The average molecular weight is 450 g/mol. The molecule has 3 heterocycles. The highest BCUT2D eigenvalue weighted by Crippen LogP contribution is 2.35. The van der Waals surface area contributed by atoms with Crippen LogP contribution in [0.5, 0.6) is 0 Å². The Bertz CT molecular complexity index is 1120. The predicted molar refractivity (Wildman–Crippen MR) is 116 cm³/mol. The highest BCUT2D eigenvalue weighted by molar-refractivity contribution is 7.15. The number of anilines is 3. The van der Waals surface area contributed by atoms with Crippen LogP contribution in [0.3, 0.4) is 0 Å². The number of fused-ring (bicyclic) bond motifs is 1. The van der Waals surface area contributed by atoms with E-state index in [-0.39, 0.29) is 17.1 Å². The molecule has 1 aromatic carbocycles. The van der Waals surface area contributed by atoms with Gasteiger partial charge in [0.1, 0.15) is 4.88 Å². The monoisotopic (exact) mass is 450 g/mol. The molecule has 0 aliphatic carbocycles. The Balaban J connectivity index is 1.51. The molecule has 1 unspecified atom stereocenters. The number of alkyl halides is 3. The summed E-state index contributed by atoms with van der Waals surface area (Å²) in [5.74, 6) is 0.472. The van der Waals surface area contributed by atoms with Crippen LogP contribution >= 0.6 is 11.3 Å². The molecule has 31 heavy (non-hydrogen) atoms. The van der Waals surface area contributed by atoms with E-state index in [0.29, 0.717) is 23.6 Å². The topological polar surface area (TPSA) is 75.1 Å². The molecule has 0 radical (unpaired) electrons. The summed E-state index contributed by atoms with van der Waals surface area (Å²) in [5, 5.41) is 6.13. The van der Waals surface area contributed by atoms with Crippen molar-refractivity contribution in [3.63, 3.8) is 0 Å². The lowest BCUT2D eigenvalue weighted by atomic mass is 10.1. The quantitative estimate of drug-likeness (QED) is 0.569. The average Bonchev–Trinajstić information content (AvgIpc) is 3.33. The molecule has 1 saturated heterocycles. The Morgan fingerprint density at radius 3 is 2.90 bits per heavy atom. The molecule has 4 rings (SSSR count). The largest absolute Gasteiger partial charge is 0.427 e. The minimum absolute atomic E-state index is 0.0387. The number of rotatable bonds is 5. The first kappa shape index (κ1) is 21.2. The maximum absolute atomic E-state index is 12.8. The van der Waals surface area contributed by atoms with E-state index >= 15 is 0 Å². The standard InChI is InChI=1S/C20H21F3N6OS/c1-3-17(30)25-12-6-7-15-14(9-12)27-19(28(15)2)29-8-4-5-13(11-29)26-18-24-10-16(31-18)20(21,22)23/h3,6-7,9-10,13H,1,4-5,8,11H2,2H3,(H,24,26)(H,25,30). The van der Waals surface area contributed by atoms with Gasteiger partial charge in [-0.05, 0) is 37.1 Å². The predicted octanol–water partition coefficient (Wildman–Crippen LogP) is 4.25. The van der Waals surface area contributed by atoms with Gasteiger partial charge >= 0.3 is 6.18 Å². The molecule has 1 aliphatic rings. The summed E-state index contributed by atoms with van der Waals surface area (Å²) in [5.41, 5.74) is 2.28. The van der Waals surface area contributed by atoms with Gasteiger partial charge < -0.3 is 20.1 Å². The number of nitrogens with zero attached hydrogens (tertiary/aromatic N) is 4. The summed E-state index contributed by atoms with van der Waals surface area (Å²) >= 11 is 0.618. The number of nitrogens with one attached hydrogen (secondary N) is 2. The van der Waals surface area contributed by atoms with Crippen molar-refractivity contribution in [2.45, 2.75) is 25.1 Å². The first-order valence-electron chi connectivity index (χ1n) is 9.69. The van der Waals surface area contributed by atoms with Gasteiger partial charge in [0.2, 0.25) is 11.9 Å². The molecule has 2 aromatic heterocycles. The maximum atomic E-state index is 12.8. The van der Waals surface area contributed by atoms with Crippen molar-refractivity contribution in [1.29, 1.82) is 0 Å². The molecule has 0 spiro atoms. The number of thiazole rings is 1. The van der Waals surface area contributed by atoms with Gasteiger partial charge in [-0.1, -0.05) is 17.9 Å². The van der Waals surface area contributed by atoms with Crippen LogP contribution in [0, 0.1) is 0 Å². The molecule has 7 nitrogen and oxygen atoms in total. The van der Waals surface area contributed by atoms with Gasteiger partial charge in [0.25, 0.3) is 0 Å². The Labute approximate surface area is 180 Å². The van der Waals surface area contributed by atoms with Gasteiger partial charge in [-0.15, -0.1) is 0 Å². The lowest BCUT2D eigenvalue weighted by molar-refractivity contribution is -0.134. The highest BCUT2D eigenvalue weighted by atomic mass is 32.1. The van der Waals surface area contributed by atoms with E-state index in [1.165, 1.54) is 6.08 Å². The molecule has 2 N–H and O–H groups in total. The number of aryl methyl sites for hydroxylation is 1. The highest BCUT2D eigenvalue weighted by Gasteiger charge is 2.34. The molecule has 164 valence electrons. The second kappa shape index (κ2) is 8.22. The van der Waals surface area contributed by atoms with E-state index in [4.69, 9.17) is 4.98 Å². The zero-order chi connectivity index (χ0) is 22.2. The van der Waals surface area contributed by atoms with Gasteiger partial charge in [0, 0.05) is 31.9 Å². The van der Waals surface area contributed by atoms with Crippen molar-refractivity contribution < 1.29 is 18.0 Å². The number of carbonyl (C=O) groups is 1. The number of benzene rings is 1. The van der Waals surface area contributed by atoms with Crippen LogP contribution in [0.15, 0.2) is 37.1 Å². The Hall–Kier alpha value is -3.08. The van der Waals surface area contributed by atoms with Crippen LogP contribution in [-0.4, -0.2) is 39.6 Å². The van der Waals surface area contributed by atoms with Crippen molar-refractivity contribution in [3.05, 3.63) is 41.9 Å². The van der Waals surface area contributed by atoms with Crippen LogP contribution in [0.2, 0.25) is 0 Å². The number of hydrogen-bond donors (Lipinski definition) is 2. The summed E-state index contributed by atoms with van der Waals surface area (Å²) in [7, 11) is 1.92. The maximum Gasteiger partial charge on any atom is 0.427 e. The second-order valence-corrected chi connectivity index (χ2v) is 8.36. The molecular formula is C20H21F3N6OS. The summed E-state index contributed by atoms with van der Waals surface area (Å²) in [6.45, 7) is 4.83. The third kappa shape index (κ3) is 4.50. The first-order valence-corrected chi connectivity index (χ1v) is 10.5. The molecule has 1 atom stereocenters. The van der Waals surface area contributed by atoms with E-state index in [2.05, 4.69) is 27.1 Å². The van der Waals surface area contributed by atoms with Crippen LogP contribution in [0.1, 0.15) is 17.7 Å². The fourth-order valence-electron chi connectivity index (χ4n) is 3.66. The third-order valence-electron chi connectivity index (χ3n) is 5.13. The summed E-state index contributed by atoms with van der Waals surface area (Å²) in [6, 6.07) is 5.45. The van der Waals surface area contributed by atoms with E-state index in [0.717, 1.165) is 42.6 Å². The third-order valence-corrected chi connectivity index (χ3v) is 6.10. The van der Waals surface area contributed by atoms with Gasteiger partial charge in [-0.3, -0.25) is 4.79 Å². The normalized spacial score (nSPS) is 17.0. The summed E-state index contributed by atoms with van der Waals surface area (Å²) < 4.78 is 40.4. The van der Waals surface area contributed by atoms with Crippen molar-refractivity contribution in [1.82, 2.24) is 14.5 Å². The van der Waals surface area contributed by atoms with Crippen molar-refractivity contribution in [2.24, 2.45) is 7.05 Å². The zero-order valence-corrected chi connectivity index (χ0v) is 17.6. The zero-order valence-electron chi connectivity index (χ0n) is 16.7. The molecule has 0 saturated carbocycles. The number of hydrogen-bond acceptors (Lipinski definition) is 6. The van der Waals surface area contributed by atoms with Crippen LogP contribution in [0.4, 0.5) is 29.9 Å². The smallest absolute Gasteiger partial charge is 0.357 e. The van der Waals surface area contributed by atoms with Crippen LogP contribution in [0.25, 0.3) is 11.0 Å². The van der Waals surface area contributed by atoms with Gasteiger partial charge in [0.15, 0.2) is 5.13 Å². The van der Waals surface area contributed by atoms with Gasteiger partial charge in [0.05, 0.1) is 17.2 Å². The minimum atomic E-state index is -4.38. The van der Waals surface area contributed by atoms with E-state index in [9.17, 15) is 18.0 Å². The summed E-state index contributed by atoms with van der Waals surface area (Å²) in [6.07, 6.45) is -0.609.